The molecule has 0 aliphatic carbocycles. The monoisotopic (exact) mass is 176 g/mol. The van der Waals surface area contributed by atoms with Crippen LogP contribution in [0.3, 0.4) is 0 Å². The van der Waals surface area contributed by atoms with Gasteiger partial charge in [-0.25, -0.2) is 0 Å². The van der Waals surface area contributed by atoms with Crippen LogP contribution < -0.4 is 0 Å². The molecule has 0 saturated carbocycles. The molecule has 0 aromatic rings. The van der Waals surface area contributed by atoms with Crippen LogP contribution in [0.2, 0.25) is 0 Å². The molecule has 12 heavy (non-hydrogen) atoms. The van der Waals surface area contributed by atoms with E-state index >= 15 is 0 Å². The van der Waals surface area contributed by atoms with E-state index in [1.54, 1.807) is 13.8 Å². The van der Waals surface area contributed by atoms with E-state index in [1.165, 1.54) is 0 Å². The van der Waals surface area contributed by atoms with E-state index < -0.39 is 18.3 Å². The Morgan fingerprint density at radius 1 is 1.17 bits per heavy atom. The number of aliphatic hydroxyl groups excluding tert-OH is 3. The Bertz CT molecular complexity index is 145. The van der Waals surface area contributed by atoms with E-state index in [0.717, 1.165) is 0 Å². The second-order valence-electron chi connectivity index (χ2n) is 3.40. The maximum Gasteiger partial charge on any atom is 0.107 e. The second-order valence-corrected chi connectivity index (χ2v) is 3.40. The van der Waals surface area contributed by atoms with Crippen LogP contribution in [0.5, 0.6) is 0 Å². The molecule has 0 amide bonds. The molecule has 1 aliphatic rings. The third-order valence-corrected chi connectivity index (χ3v) is 2.51. The third-order valence-electron chi connectivity index (χ3n) is 2.51. The Kier molecular flexibility index (Phi) is 3.06. The van der Waals surface area contributed by atoms with Gasteiger partial charge in [0.05, 0.1) is 24.9 Å². The van der Waals surface area contributed by atoms with Gasteiger partial charge in [0, 0.05) is 5.92 Å². The molecule has 4 nitrogen and oxygen atoms in total. The van der Waals surface area contributed by atoms with Crippen LogP contribution in [0.1, 0.15) is 13.8 Å². The Morgan fingerprint density at radius 3 is 2.25 bits per heavy atom. The van der Waals surface area contributed by atoms with Crippen molar-refractivity contribution in [2.75, 3.05) is 6.61 Å². The molecular formula is C8H16O4. The Hall–Kier alpha value is -0.160. The molecule has 0 aromatic carbocycles. The molecule has 1 heterocycles. The van der Waals surface area contributed by atoms with Crippen molar-refractivity contribution in [3.8, 4) is 0 Å². The zero-order valence-corrected chi connectivity index (χ0v) is 7.34. The molecule has 0 spiro atoms. The maximum atomic E-state index is 9.48. The van der Waals surface area contributed by atoms with Crippen molar-refractivity contribution in [1.82, 2.24) is 0 Å². The predicted octanol–water partition coefficient (Wildman–Crippen LogP) is -0.876. The molecule has 1 aliphatic heterocycles. The topological polar surface area (TPSA) is 69.9 Å². The Labute approximate surface area is 71.8 Å². The van der Waals surface area contributed by atoms with Gasteiger partial charge in [0.1, 0.15) is 6.10 Å². The molecule has 3 N–H and O–H groups in total. The zero-order valence-electron chi connectivity index (χ0n) is 7.34. The summed E-state index contributed by atoms with van der Waals surface area (Å²) in [5.41, 5.74) is 0. The summed E-state index contributed by atoms with van der Waals surface area (Å²) < 4.78 is 5.18. The summed E-state index contributed by atoms with van der Waals surface area (Å²) in [6.45, 7) is 3.27. The Balaban J connectivity index is 2.63. The van der Waals surface area contributed by atoms with Crippen molar-refractivity contribution >= 4 is 0 Å². The standard InChI is InChI=1S/C8H16O4/c1-4-7(10)5(2)12-6(3-9)8(4)11/h4-11H,3H2,1-2H3/t4-,5?,6?,7-,8?/m0/s1. The Morgan fingerprint density at radius 2 is 1.75 bits per heavy atom. The number of hydrogen-bond donors (Lipinski definition) is 3. The quantitative estimate of drug-likeness (QED) is 0.485. The van der Waals surface area contributed by atoms with Gasteiger partial charge in [-0.3, -0.25) is 0 Å². The van der Waals surface area contributed by atoms with E-state index in [2.05, 4.69) is 0 Å². The first-order valence-corrected chi connectivity index (χ1v) is 4.20. The molecule has 0 radical (unpaired) electrons. The summed E-state index contributed by atoms with van der Waals surface area (Å²) in [7, 11) is 0. The minimum Gasteiger partial charge on any atom is -0.394 e. The first-order valence-electron chi connectivity index (χ1n) is 4.20. The van der Waals surface area contributed by atoms with Gasteiger partial charge in [0.25, 0.3) is 0 Å². The average Bonchev–Trinajstić information content (AvgIpc) is 2.08. The lowest BCUT2D eigenvalue weighted by Gasteiger charge is -2.39. The lowest BCUT2D eigenvalue weighted by atomic mass is 9.88. The molecule has 72 valence electrons. The predicted molar refractivity (Wildman–Crippen MR) is 42.6 cm³/mol. The summed E-state index contributed by atoms with van der Waals surface area (Å²) in [6.07, 6.45) is -2.30. The van der Waals surface area contributed by atoms with E-state index in [1.807, 2.05) is 0 Å². The van der Waals surface area contributed by atoms with Crippen LogP contribution >= 0.6 is 0 Å². The van der Waals surface area contributed by atoms with Crippen molar-refractivity contribution in [2.45, 2.75) is 38.3 Å². The van der Waals surface area contributed by atoms with E-state index in [9.17, 15) is 10.2 Å². The van der Waals surface area contributed by atoms with Gasteiger partial charge in [-0.15, -0.1) is 0 Å². The van der Waals surface area contributed by atoms with Crippen LogP contribution in [0.15, 0.2) is 0 Å². The van der Waals surface area contributed by atoms with E-state index in [-0.39, 0.29) is 18.6 Å². The van der Waals surface area contributed by atoms with Gasteiger partial charge in [0.2, 0.25) is 0 Å². The SMILES string of the molecule is CC1OC(CO)C(O)[C@@H](C)[C@@H]1O. The molecule has 0 bridgehead atoms. The number of aliphatic hydroxyl groups is 3. The van der Waals surface area contributed by atoms with Crippen LogP contribution in [-0.2, 0) is 4.74 Å². The van der Waals surface area contributed by atoms with Gasteiger partial charge in [-0.1, -0.05) is 6.92 Å². The number of ether oxygens (including phenoxy) is 1. The van der Waals surface area contributed by atoms with Crippen molar-refractivity contribution in [3.05, 3.63) is 0 Å². The van der Waals surface area contributed by atoms with Crippen molar-refractivity contribution in [1.29, 1.82) is 0 Å². The largest absolute Gasteiger partial charge is 0.394 e. The first kappa shape index (κ1) is 9.92. The van der Waals surface area contributed by atoms with Crippen molar-refractivity contribution < 1.29 is 20.1 Å². The molecule has 5 atom stereocenters. The van der Waals surface area contributed by atoms with Gasteiger partial charge >= 0.3 is 0 Å². The first-order chi connectivity index (χ1) is 5.57. The normalized spacial score (nSPS) is 49.2. The minimum absolute atomic E-state index is 0.206. The highest BCUT2D eigenvalue weighted by Crippen LogP contribution is 2.25. The fraction of sp³-hybridized carbons (Fsp3) is 1.00. The minimum atomic E-state index is -0.777. The number of rotatable bonds is 1. The highest BCUT2D eigenvalue weighted by Gasteiger charge is 2.39. The van der Waals surface area contributed by atoms with Crippen molar-refractivity contribution in [2.24, 2.45) is 5.92 Å². The van der Waals surface area contributed by atoms with Crippen LogP contribution in [0.4, 0.5) is 0 Å². The van der Waals surface area contributed by atoms with Crippen molar-refractivity contribution in [3.63, 3.8) is 0 Å². The van der Waals surface area contributed by atoms with Gasteiger partial charge < -0.3 is 20.1 Å². The molecule has 1 saturated heterocycles. The highest BCUT2D eigenvalue weighted by molar-refractivity contribution is 4.87. The zero-order chi connectivity index (χ0) is 9.30. The lowest BCUT2D eigenvalue weighted by molar-refractivity contribution is -0.199. The summed E-state index contributed by atoms with van der Waals surface area (Å²) >= 11 is 0. The smallest absolute Gasteiger partial charge is 0.107 e. The maximum absolute atomic E-state index is 9.48. The fourth-order valence-electron chi connectivity index (χ4n) is 1.56. The molecule has 4 heteroatoms. The second kappa shape index (κ2) is 3.70. The molecule has 1 rings (SSSR count). The lowest BCUT2D eigenvalue weighted by Crippen LogP contribution is -2.53. The summed E-state index contributed by atoms with van der Waals surface area (Å²) in [6, 6.07) is 0. The van der Waals surface area contributed by atoms with Gasteiger partial charge in [-0.2, -0.15) is 0 Å². The third kappa shape index (κ3) is 1.61. The fourth-order valence-corrected chi connectivity index (χ4v) is 1.56. The van der Waals surface area contributed by atoms with E-state index in [4.69, 9.17) is 9.84 Å². The molecule has 3 unspecified atom stereocenters. The van der Waals surface area contributed by atoms with Gasteiger partial charge in [0.15, 0.2) is 0 Å². The summed E-state index contributed by atoms with van der Waals surface area (Å²) in [5.74, 6) is -0.245. The molecular weight excluding hydrogens is 160 g/mol. The van der Waals surface area contributed by atoms with E-state index in [0.29, 0.717) is 0 Å². The molecule has 1 fully saturated rings. The average molecular weight is 176 g/mol. The number of hydrogen-bond acceptors (Lipinski definition) is 4. The summed E-state index contributed by atoms with van der Waals surface area (Å²) in [5, 5.41) is 27.8. The van der Waals surface area contributed by atoms with Crippen LogP contribution in [0.25, 0.3) is 0 Å². The van der Waals surface area contributed by atoms with Crippen LogP contribution in [-0.4, -0.2) is 46.3 Å². The van der Waals surface area contributed by atoms with Crippen LogP contribution in [0, 0.1) is 5.92 Å². The molecule has 0 aromatic heterocycles. The highest BCUT2D eigenvalue weighted by atomic mass is 16.5. The summed E-state index contributed by atoms with van der Waals surface area (Å²) in [4.78, 5) is 0. The van der Waals surface area contributed by atoms with Gasteiger partial charge in [-0.05, 0) is 6.92 Å².